The third-order valence-electron chi connectivity index (χ3n) is 4.02. The van der Waals surface area contributed by atoms with Crippen molar-refractivity contribution in [1.82, 2.24) is 10.3 Å². The van der Waals surface area contributed by atoms with Gasteiger partial charge in [-0.15, -0.1) is 0 Å². The Morgan fingerprint density at radius 2 is 1.75 bits per heavy atom. The molecule has 0 spiro atoms. The van der Waals surface area contributed by atoms with Crippen LogP contribution >= 0.6 is 15.9 Å². The van der Waals surface area contributed by atoms with E-state index in [0.29, 0.717) is 15.7 Å². The molecule has 2 atom stereocenters. The minimum absolute atomic E-state index is 0.0765. The Morgan fingerprint density at radius 3 is 2.28 bits per heavy atom. The van der Waals surface area contributed by atoms with Crippen LogP contribution in [-0.2, 0) is 11.2 Å². The van der Waals surface area contributed by atoms with Crippen molar-refractivity contribution in [2.24, 2.45) is 0 Å². The maximum Gasteiger partial charge on any atom is 0.214 e. The van der Waals surface area contributed by atoms with Gasteiger partial charge in [0.15, 0.2) is 0 Å². The van der Waals surface area contributed by atoms with Crippen LogP contribution in [0.5, 0.6) is 0 Å². The largest absolute Gasteiger partial charge is 0.396 e. The van der Waals surface area contributed by atoms with Crippen molar-refractivity contribution in [3.05, 3.63) is 57.3 Å². The normalized spacial score (nSPS) is 13.9. The molecule has 0 saturated heterocycles. The number of hydrogen-bond donors (Lipinski definition) is 4. The highest BCUT2D eigenvalue weighted by Crippen LogP contribution is 2.29. The lowest BCUT2D eigenvalue weighted by molar-refractivity contribution is -0.186. The first-order chi connectivity index (χ1) is 14.6. The zero-order valence-electron chi connectivity index (χ0n) is 18.6. The van der Waals surface area contributed by atoms with E-state index < -0.39 is 35.3 Å². The molecule has 1 heterocycles. The second-order valence-corrected chi connectivity index (χ2v) is 9.74. The fraction of sp³-hybridized carbons (Fsp3) is 0.435. The van der Waals surface area contributed by atoms with Gasteiger partial charge in [-0.05, 0) is 86.7 Å². The Morgan fingerprint density at radius 1 is 1.16 bits per heavy atom. The van der Waals surface area contributed by atoms with Crippen LogP contribution < -0.4 is 11.1 Å². The first-order valence-electron chi connectivity index (χ1n) is 9.91. The summed E-state index contributed by atoms with van der Waals surface area (Å²) in [4.78, 5) is 4.49. The molecule has 5 N–H and O–H groups in total. The van der Waals surface area contributed by atoms with Gasteiger partial charge in [0, 0.05) is 10.5 Å². The highest BCUT2D eigenvalue weighted by atomic mass is 79.9. The summed E-state index contributed by atoms with van der Waals surface area (Å²) in [5.41, 5.74) is 5.34. The molecule has 0 aliphatic carbocycles. The predicted octanol–water partition coefficient (Wildman–Crippen LogP) is 3.79. The monoisotopic (exact) mass is 511 g/mol. The number of aliphatic hydroxyl groups is 2. The standard InChI is InChI=1S/C23H28BrF2N3O3/c1-22(2,3)32-21(30)29-19(10-13-8-14(25)11-15(26)9-13)20-16(24)12-17(27)18(28-20)6-7-23(4,5)31/h8-9,11-12,19,21,29-31H,10,27H2,1-5H3. The molecule has 1 aromatic carbocycles. The quantitative estimate of drug-likeness (QED) is 0.347. The fourth-order valence-corrected chi connectivity index (χ4v) is 3.43. The highest BCUT2D eigenvalue weighted by molar-refractivity contribution is 9.10. The lowest BCUT2D eigenvalue weighted by Crippen LogP contribution is -2.41. The molecule has 6 nitrogen and oxygen atoms in total. The molecular weight excluding hydrogens is 484 g/mol. The molecule has 0 bridgehead atoms. The van der Waals surface area contributed by atoms with Crippen molar-refractivity contribution in [3.8, 4) is 11.8 Å². The predicted molar refractivity (Wildman–Crippen MR) is 122 cm³/mol. The number of hydrogen-bond acceptors (Lipinski definition) is 6. The zero-order valence-corrected chi connectivity index (χ0v) is 20.2. The van der Waals surface area contributed by atoms with Crippen LogP contribution in [0.1, 0.15) is 57.6 Å². The number of nitrogens with one attached hydrogen (secondary N) is 1. The lowest BCUT2D eigenvalue weighted by Gasteiger charge is -2.28. The van der Waals surface area contributed by atoms with Gasteiger partial charge in [0.2, 0.25) is 6.41 Å². The summed E-state index contributed by atoms with van der Waals surface area (Å²) in [5.74, 6) is 3.97. The second kappa shape index (κ2) is 10.2. The van der Waals surface area contributed by atoms with Gasteiger partial charge in [0.1, 0.15) is 22.9 Å². The van der Waals surface area contributed by atoms with E-state index in [1.807, 2.05) is 0 Å². The third kappa shape index (κ3) is 8.45. The Bertz CT molecular complexity index is 1000. The van der Waals surface area contributed by atoms with Gasteiger partial charge in [-0.25, -0.2) is 13.8 Å². The van der Waals surface area contributed by atoms with Crippen molar-refractivity contribution in [2.45, 2.75) is 64.7 Å². The lowest BCUT2D eigenvalue weighted by atomic mass is 10.0. The zero-order chi connectivity index (χ0) is 24.3. The van der Waals surface area contributed by atoms with E-state index >= 15 is 0 Å². The number of aromatic nitrogens is 1. The summed E-state index contributed by atoms with van der Waals surface area (Å²) in [6.07, 6.45) is -1.32. The average Bonchev–Trinajstić information content (AvgIpc) is 2.57. The summed E-state index contributed by atoms with van der Waals surface area (Å²) < 4.78 is 33.5. The van der Waals surface area contributed by atoms with Crippen LogP contribution in [-0.4, -0.2) is 32.8 Å². The van der Waals surface area contributed by atoms with Gasteiger partial charge in [-0.2, -0.15) is 0 Å². The first kappa shape index (κ1) is 26.2. The molecule has 32 heavy (non-hydrogen) atoms. The number of ether oxygens (including phenoxy) is 1. The molecule has 9 heteroatoms. The van der Waals surface area contributed by atoms with Crippen molar-refractivity contribution in [2.75, 3.05) is 5.73 Å². The summed E-state index contributed by atoms with van der Waals surface area (Å²) in [7, 11) is 0. The number of halogens is 3. The average molecular weight is 512 g/mol. The molecular formula is C23H28BrF2N3O3. The molecule has 1 aromatic heterocycles. The summed E-state index contributed by atoms with van der Waals surface area (Å²) in [6, 6.07) is 4.05. The smallest absolute Gasteiger partial charge is 0.214 e. The van der Waals surface area contributed by atoms with Crippen LogP contribution in [0.3, 0.4) is 0 Å². The third-order valence-corrected chi connectivity index (χ3v) is 4.66. The number of nitrogens with zero attached hydrogens (tertiary/aromatic N) is 1. The van der Waals surface area contributed by atoms with Crippen LogP contribution in [0, 0.1) is 23.5 Å². The first-order valence-corrected chi connectivity index (χ1v) is 10.7. The summed E-state index contributed by atoms with van der Waals surface area (Å²) in [5, 5.41) is 23.2. The Kier molecular flexibility index (Phi) is 8.37. The van der Waals surface area contributed by atoms with Crippen LogP contribution in [0.15, 0.2) is 28.7 Å². The van der Waals surface area contributed by atoms with E-state index in [1.165, 1.54) is 26.0 Å². The van der Waals surface area contributed by atoms with Crippen LogP contribution in [0.25, 0.3) is 0 Å². The minimum atomic E-state index is -1.39. The SMILES string of the molecule is CC(C)(O)C#Cc1nc(C(Cc2cc(F)cc(F)c2)NC(O)OC(C)(C)C)c(Br)cc1N. The van der Waals surface area contributed by atoms with Gasteiger partial charge in [-0.1, -0.05) is 5.92 Å². The summed E-state index contributed by atoms with van der Waals surface area (Å²) >= 11 is 3.42. The molecule has 0 aliphatic heterocycles. The van der Waals surface area contributed by atoms with Gasteiger partial charge < -0.3 is 20.7 Å². The number of aliphatic hydroxyl groups excluding tert-OH is 1. The van der Waals surface area contributed by atoms with E-state index in [1.54, 1.807) is 26.8 Å². The Labute approximate surface area is 195 Å². The molecule has 0 aliphatic rings. The van der Waals surface area contributed by atoms with Crippen molar-refractivity contribution in [1.29, 1.82) is 0 Å². The van der Waals surface area contributed by atoms with Crippen molar-refractivity contribution in [3.63, 3.8) is 0 Å². The number of anilines is 1. The van der Waals surface area contributed by atoms with E-state index in [4.69, 9.17) is 10.5 Å². The van der Waals surface area contributed by atoms with Gasteiger partial charge >= 0.3 is 0 Å². The molecule has 174 valence electrons. The molecule has 0 fully saturated rings. The highest BCUT2D eigenvalue weighted by Gasteiger charge is 2.25. The Hall–Kier alpha value is -2.09. The maximum atomic E-state index is 13.8. The number of benzene rings is 1. The van der Waals surface area contributed by atoms with Crippen LogP contribution in [0.2, 0.25) is 0 Å². The number of nitrogen functional groups attached to an aromatic ring is 1. The van der Waals surface area contributed by atoms with Crippen LogP contribution in [0.4, 0.5) is 14.5 Å². The summed E-state index contributed by atoms with van der Waals surface area (Å²) in [6.45, 7) is 8.38. The maximum absolute atomic E-state index is 13.8. The van der Waals surface area contributed by atoms with Crippen molar-refractivity contribution < 1.29 is 23.7 Å². The fourth-order valence-electron chi connectivity index (χ4n) is 2.81. The van der Waals surface area contributed by atoms with Gasteiger partial charge in [-0.3, -0.25) is 5.32 Å². The van der Waals surface area contributed by atoms with Gasteiger partial charge in [0.05, 0.1) is 23.0 Å². The number of rotatable bonds is 6. The van der Waals surface area contributed by atoms with Gasteiger partial charge in [0.25, 0.3) is 0 Å². The van der Waals surface area contributed by atoms with E-state index in [9.17, 15) is 19.0 Å². The van der Waals surface area contributed by atoms with E-state index in [0.717, 1.165) is 6.07 Å². The Balaban J connectivity index is 2.50. The van der Waals surface area contributed by atoms with E-state index in [2.05, 4.69) is 38.1 Å². The molecule has 2 aromatic rings. The molecule has 0 amide bonds. The number of pyridine rings is 1. The van der Waals surface area contributed by atoms with E-state index in [-0.39, 0.29) is 17.8 Å². The topological polar surface area (TPSA) is 101 Å². The number of nitrogens with two attached hydrogens (primary N) is 1. The minimum Gasteiger partial charge on any atom is -0.396 e. The second-order valence-electron chi connectivity index (χ2n) is 8.89. The molecule has 0 radical (unpaired) electrons. The molecule has 0 saturated carbocycles. The molecule has 2 rings (SSSR count). The molecule has 2 unspecified atom stereocenters. The van der Waals surface area contributed by atoms with Crippen molar-refractivity contribution >= 4 is 21.6 Å².